The molecule has 0 spiro atoms. The molecule has 0 heterocycles. The molecular weight excluding hydrogens is 377 g/mol. The molecule has 21 heavy (non-hydrogen) atoms. The van der Waals surface area contributed by atoms with Gasteiger partial charge in [0.25, 0.3) is 5.91 Å². The molecule has 4 heteroatoms. The van der Waals surface area contributed by atoms with Crippen LogP contribution < -0.4 is 10.1 Å². The Bertz CT molecular complexity index is 591. The van der Waals surface area contributed by atoms with Crippen LogP contribution in [0.2, 0.25) is 0 Å². The number of carbonyl (C=O) groups is 1. The van der Waals surface area contributed by atoms with E-state index >= 15 is 0 Å². The van der Waals surface area contributed by atoms with Gasteiger partial charge in [-0.05, 0) is 71.8 Å². The van der Waals surface area contributed by atoms with Gasteiger partial charge >= 0.3 is 0 Å². The molecule has 0 saturated carbocycles. The fourth-order valence-electron chi connectivity index (χ4n) is 1.90. The number of amides is 1. The molecule has 0 aliphatic heterocycles. The van der Waals surface area contributed by atoms with Crippen molar-refractivity contribution in [3.63, 3.8) is 0 Å². The van der Waals surface area contributed by atoms with Crippen molar-refractivity contribution in [3.8, 4) is 16.9 Å². The zero-order valence-electron chi connectivity index (χ0n) is 12.1. The number of benzene rings is 2. The summed E-state index contributed by atoms with van der Waals surface area (Å²) < 4.78 is 6.68. The van der Waals surface area contributed by atoms with Gasteiger partial charge in [0, 0.05) is 9.61 Å². The molecule has 0 aromatic heterocycles. The van der Waals surface area contributed by atoms with Gasteiger partial charge in [-0.2, -0.15) is 0 Å². The van der Waals surface area contributed by atoms with Gasteiger partial charge in [0.05, 0.1) is 0 Å². The van der Waals surface area contributed by atoms with E-state index in [4.69, 9.17) is 4.74 Å². The largest absolute Gasteiger partial charge is 0.484 e. The smallest absolute Gasteiger partial charge is 0.258 e. The molecule has 3 nitrogen and oxygen atoms in total. The molecule has 2 rings (SSSR count). The molecule has 110 valence electrons. The van der Waals surface area contributed by atoms with Gasteiger partial charge in [-0.3, -0.25) is 4.79 Å². The summed E-state index contributed by atoms with van der Waals surface area (Å²) >= 11 is 2.29. The summed E-state index contributed by atoms with van der Waals surface area (Å²) in [5.74, 6) is 0.592. The Morgan fingerprint density at radius 2 is 1.57 bits per heavy atom. The molecule has 0 aliphatic rings. The minimum atomic E-state index is -0.105. The third-order valence-electron chi connectivity index (χ3n) is 2.85. The molecule has 1 amide bonds. The van der Waals surface area contributed by atoms with Crippen molar-refractivity contribution >= 4 is 28.5 Å². The number of nitrogens with one attached hydrogen (secondary N) is 1. The second kappa shape index (κ2) is 7.45. The van der Waals surface area contributed by atoms with Gasteiger partial charge in [0.1, 0.15) is 5.75 Å². The van der Waals surface area contributed by atoms with Crippen molar-refractivity contribution in [1.29, 1.82) is 0 Å². The maximum absolute atomic E-state index is 11.5. The second-order valence-electron chi connectivity index (χ2n) is 5.04. The Hall–Kier alpha value is -1.56. The van der Waals surface area contributed by atoms with Crippen LogP contribution in [0.15, 0.2) is 48.5 Å². The van der Waals surface area contributed by atoms with Gasteiger partial charge in [-0.1, -0.05) is 24.3 Å². The number of rotatable bonds is 5. The molecule has 0 atom stereocenters. The number of ether oxygens (including phenoxy) is 1. The van der Waals surface area contributed by atoms with E-state index in [9.17, 15) is 4.79 Å². The van der Waals surface area contributed by atoms with Crippen LogP contribution in [-0.4, -0.2) is 18.6 Å². The Balaban J connectivity index is 1.96. The molecule has 0 fully saturated rings. The Labute approximate surface area is 138 Å². The number of hydrogen-bond donors (Lipinski definition) is 1. The highest BCUT2D eigenvalue weighted by Gasteiger charge is 2.04. The van der Waals surface area contributed by atoms with Crippen molar-refractivity contribution < 1.29 is 9.53 Å². The van der Waals surface area contributed by atoms with Crippen LogP contribution in [-0.2, 0) is 4.79 Å². The summed E-state index contributed by atoms with van der Waals surface area (Å²) in [6, 6.07) is 16.2. The fourth-order valence-corrected chi connectivity index (χ4v) is 2.26. The number of halogens is 1. The Morgan fingerprint density at radius 3 is 2.10 bits per heavy atom. The predicted octanol–water partition coefficient (Wildman–Crippen LogP) is 3.86. The van der Waals surface area contributed by atoms with E-state index in [1.807, 2.05) is 38.1 Å². The fraction of sp³-hybridized carbons (Fsp3) is 0.235. The van der Waals surface area contributed by atoms with Crippen LogP contribution in [0.4, 0.5) is 0 Å². The third-order valence-corrected chi connectivity index (χ3v) is 3.57. The SMILES string of the molecule is CC(C)NC(=O)COc1ccc(-c2ccc(I)cc2)cc1. The lowest BCUT2D eigenvalue weighted by atomic mass is 10.1. The first kappa shape index (κ1) is 15.8. The van der Waals surface area contributed by atoms with E-state index in [2.05, 4.69) is 52.2 Å². The molecule has 2 aromatic carbocycles. The Morgan fingerprint density at radius 1 is 1.05 bits per heavy atom. The molecule has 0 unspecified atom stereocenters. The van der Waals surface area contributed by atoms with Gasteiger partial charge in [0.15, 0.2) is 6.61 Å². The topological polar surface area (TPSA) is 38.3 Å². The normalized spacial score (nSPS) is 10.5. The molecule has 0 bridgehead atoms. The summed E-state index contributed by atoms with van der Waals surface area (Å²) in [5.41, 5.74) is 2.30. The van der Waals surface area contributed by atoms with Crippen LogP contribution >= 0.6 is 22.6 Å². The zero-order chi connectivity index (χ0) is 15.2. The monoisotopic (exact) mass is 395 g/mol. The first-order valence-electron chi connectivity index (χ1n) is 6.83. The van der Waals surface area contributed by atoms with Crippen LogP contribution in [0.1, 0.15) is 13.8 Å². The Kier molecular flexibility index (Phi) is 5.61. The van der Waals surface area contributed by atoms with E-state index < -0.39 is 0 Å². The lowest BCUT2D eigenvalue weighted by molar-refractivity contribution is -0.123. The number of carbonyl (C=O) groups excluding carboxylic acids is 1. The minimum absolute atomic E-state index is 0.0427. The highest BCUT2D eigenvalue weighted by atomic mass is 127. The molecule has 2 aromatic rings. The van der Waals surface area contributed by atoms with Crippen LogP contribution in [0.25, 0.3) is 11.1 Å². The lowest BCUT2D eigenvalue weighted by Gasteiger charge is -2.10. The zero-order valence-corrected chi connectivity index (χ0v) is 14.3. The van der Waals surface area contributed by atoms with E-state index in [1.165, 1.54) is 9.13 Å². The lowest BCUT2D eigenvalue weighted by Crippen LogP contribution is -2.34. The molecule has 0 aliphatic carbocycles. The van der Waals surface area contributed by atoms with Gasteiger partial charge in [0.2, 0.25) is 0 Å². The van der Waals surface area contributed by atoms with Crippen molar-refractivity contribution in [2.45, 2.75) is 19.9 Å². The van der Waals surface area contributed by atoms with Gasteiger partial charge in [-0.15, -0.1) is 0 Å². The third kappa shape index (κ3) is 5.04. The molecule has 0 radical (unpaired) electrons. The average molecular weight is 395 g/mol. The summed E-state index contributed by atoms with van der Waals surface area (Å²) in [6.07, 6.45) is 0. The van der Waals surface area contributed by atoms with Crippen molar-refractivity contribution in [3.05, 3.63) is 52.1 Å². The maximum atomic E-state index is 11.5. The van der Waals surface area contributed by atoms with Crippen molar-refractivity contribution in [1.82, 2.24) is 5.32 Å². The summed E-state index contributed by atoms with van der Waals surface area (Å²) in [4.78, 5) is 11.5. The van der Waals surface area contributed by atoms with E-state index in [-0.39, 0.29) is 18.6 Å². The second-order valence-corrected chi connectivity index (χ2v) is 6.29. The first-order chi connectivity index (χ1) is 10.0. The van der Waals surface area contributed by atoms with E-state index in [1.54, 1.807) is 0 Å². The molecule has 0 saturated heterocycles. The van der Waals surface area contributed by atoms with Gasteiger partial charge < -0.3 is 10.1 Å². The standard InChI is InChI=1S/C17H18INO2/c1-12(2)19-17(20)11-21-16-9-5-14(6-10-16)13-3-7-15(18)8-4-13/h3-10,12H,11H2,1-2H3,(H,19,20). The maximum Gasteiger partial charge on any atom is 0.258 e. The summed E-state index contributed by atoms with van der Waals surface area (Å²) in [7, 11) is 0. The first-order valence-corrected chi connectivity index (χ1v) is 7.90. The van der Waals surface area contributed by atoms with E-state index in [0.29, 0.717) is 5.75 Å². The highest BCUT2D eigenvalue weighted by Crippen LogP contribution is 2.23. The average Bonchev–Trinajstić information content (AvgIpc) is 2.46. The molecular formula is C17H18INO2. The van der Waals surface area contributed by atoms with Crippen molar-refractivity contribution in [2.75, 3.05) is 6.61 Å². The van der Waals surface area contributed by atoms with Gasteiger partial charge in [-0.25, -0.2) is 0 Å². The van der Waals surface area contributed by atoms with Crippen LogP contribution in [0, 0.1) is 3.57 Å². The predicted molar refractivity (Wildman–Crippen MR) is 93.4 cm³/mol. The quantitative estimate of drug-likeness (QED) is 0.781. The molecule has 1 N–H and O–H groups in total. The summed E-state index contributed by atoms with van der Waals surface area (Å²) in [6.45, 7) is 3.89. The highest BCUT2D eigenvalue weighted by molar-refractivity contribution is 14.1. The van der Waals surface area contributed by atoms with E-state index in [0.717, 1.165) is 5.56 Å². The minimum Gasteiger partial charge on any atom is -0.484 e. The van der Waals surface area contributed by atoms with Crippen LogP contribution in [0.5, 0.6) is 5.75 Å². The van der Waals surface area contributed by atoms with Crippen molar-refractivity contribution in [2.24, 2.45) is 0 Å². The van der Waals surface area contributed by atoms with Crippen LogP contribution in [0.3, 0.4) is 0 Å². The summed E-state index contributed by atoms with van der Waals surface area (Å²) in [5, 5.41) is 2.79. The number of hydrogen-bond acceptors (Lipinski definition) is 2.